The van der Waals surface area contributed by atoms with Crippen LogP contribution in [0.4, 0.5) is 0 Å². The van der Waals surface area contributed by atoms with Crippen LogP contribution in [-0.4, -0.2) is 70.6 Å². The Morgan fingerprint density at radius 3 is 2.62 bits per heavy atom. The van der Waals surface area contributed by atoms with E-state index in [4.69, 9.17) is 16.3 Å². The molecule has 0 saturated carbocycles. The molecule has 10 heteroatoms. The Balaban J connectivity index is 0.00000420. The van der Waals surface area contributed by atoms with Crippen molar-refractivity contribution in [1.82, 2.24) is 15.5 Å². The number of rotatable bonds is 8. The molecule has 1 aliphatic heterocycles. The molecule has 0 spiro atoms. The molecule has 1 aromatic carbocycles. The number of ether oxygens (including phenoxy) is 1. The highest BCUT2D eigenvalue weighted by Gasteiger charge is 2.20. The predicted octanol–water partition coefficient (Wildman–Crippen LogP) is 2.53. The first-order valence-corrected chi connectivity index (χ1v) is 12.0. The minimum Gasteiger partial charge on any atom is -0.496 e. The van der Waals surface area contributed by atoms with Gasteiger partial charge in [0.15, 0.2) is 5.96 Å². The van der Waals surface area contributed by atoms with E-state index in [1.165, 1.54) is 6.26 Å². The van der Waals surface area contributed by atoms with Crippen LogP contribution < -0.4 is 15.4 Å². The second kappa shape index (κ2) is 12.8. The number of piperidine rings is 1. The Bertz CT molecular complexity index is 769. The van der Waals surface area contributed by atoms with E-state index in [0.29, 0.717) is 24.2 Å². The van der Waals surface area contributed by atoms with Gasteiger partial charge in [0.25, 0.3) is 0 Å². The van der Waals surface area contributed by atoms with Gasteiger partial charge in [-0.2, -0.15) is 0 Å². The standard InChI is InChI=1S/C19H31ClN4O3S.HI/c1-4-21-19(22-14-15-5-6-16(20)13-18(15)27-2)23-17-7-9-24(10-8-17)11-12-28(3,25)26;/h5-6,13,17H,4,7-12,14H2,1-3H3,(H2,21,22,23);1H. The molecule has 1 heterocycles. The van der Waals surface area contributed by atoms with Crippen molar-refractivity contribution in [2.24, 2.45) is 4.99 Å². The summed E-state index contributed by atoms with van der Waals surface area (Å²) in [5, 5.41) is 7.42. The lowest BCUT2D eigenvalue weighted by Gasteiger charge is -2.32. The molecule has 1 aromatic rings. The molecule has 2 rings (SSSR count). The lowest BCUT2D eigenvalue weighted by Crippen LogP contribution is -2.49. The number of benzene rings is 1. The summed E-state index contributed by atoms with van der Waals surface area (Å²) in [6.45, 7) is 5.68. The number of hydrogen-bond donors (Lipinski definition) is 2. The zero-order chi connectivity index (χ0) is 20.6. The Morgan fingerprint density at radius 1 is 1.34 bits per heavy atom. The van der Waals surface area contributed by atoms with Gasteiger partial charge in [0.1, 0.15) is 15.6 Å². The van der Waals surface area contributed by atoms with Crippen LogP contribution in [0.25, 0.3) is 0 Å². The molecule has 0 aromatic heterocycles. The molecule has 7 nitrogen and oxygen atoms in total. The number of nitrogens with zero attached hydrogens (tertiary/aromatic N) is 2. The minimum absolute atomic E-state index is 0. The highest BCUT2D eigenvalue weighted by molar-refractivity contribution is 14.0. The zero-order valence-electron chi connectivity index (χ0n) is 17.3. The fourth-order valence-corrected chi connectivity index (χ4v) is 3.87. The fourth-order valence-electron chi connectivity index (χ4n) is 3.12. The second-order valence-corrected chi connectivity index (χ2v) is 9.74. The fraction of sp³-hybridized carbons (Fsp3) is 0.632. The molecule has 2 N–H and O–H groups in total. The van der Waals surface area contributed by atoms with Crippen LogP contribution in [0.2, 0.25) is 5.02 Å². The Hall–Kier alpha value is -0.780. The van der Waals surface area contributed by atoms with E-state index in [1.54, 1.807) is 13.2 Å². The summed E-state index contributed by atoms with van der Waals surface area (Å²) in [4.78, 5) is 6.89. The number of methoxy groups -OCH3 is 1. The number of guanidine groups is 1. The van der Waals surface area contributed by atoms with Crippen molar-refractivity contribution in [1.29, 1.82) is 0 Å². The Kier molecular flexibility index (Phi) is 11.6. The van der Waals surface area contributed by atoms with Crippen LogP contribution in [-0.2, 0) is 16.4 Å². The molecule has 1 fully saturated rings. The Labute approximate surface area is 196 Å². The molecule has 29 heavy (non-hydrogen) atoms. The van der Waals surface area contributed by atoms with Crippen LogP contribution in [0.1, 0.15) is 25.3 Å². The van der Waals surface area contributed by atoms with Crippen molar-refractivity contribution in [2.45, 2.75) is 32.4 Å². The highest BCUT2D eigenvalue weighted by atomic mass is 127. The van der Waals surface area contributed by atoms with Crippen LogP contribution >= 0.6 is 35.6 Å². The van der Waals surface area contributed by atoms with Crippen LogP contribution in [0, 0.1) is 0 Å². The van der Waals surface area contributed by atoms with Crippen molar-refractivity contribution in [3.8, 4) is 5.75 Å². The van der Waals surface area contributed by atoms with E-state index < -0.39 is 9.84 Å². The topological polar surface area (TPSA) is 83.0 Å². The summed E-state index contributed by atoms with van der Waals surface area (Å²) in [6.07, 6.45) is 3.20. The normalized spacial score (nSPS) is 16.2. The van der Waals surface area contributed by atoms with Gasteiger partial charge in [-0.15, -0.1) is 24.0 Å². The SMILES string of the molecule is CCNC(=NCc1ccc(Cl)cc1OC)NC1CCN(CCS(C)(=O)=O)CC1.I. The third-order valence-corrected chi connectivity index (χ3v) is 5.87. The van der Waals surface area contributed by atoms with Crippen molar-refractivity contribution in [3.05, 3.63) is 28.8 Å². The van der Waals surface area contributed by atoms with Crippen molar-refractivity contribution in [3.63, 3.8) is 0 Å². The monoisotopic (exact) mass is 558 g/mol. The van der Waals surface area contributed by atoms with Crippen LogP contribution in [0.5, 0.6) is 5.75 Å². The molecule has 0 radical (unpaired) electrons. The van der Waals surface area contributed by atoms with Gasteiger partial charge in [-0.1, -0.05) is 17.7 Å². The van der Waals surface area contributed by atoms with Gasteiger partial charge in [-0.25, -0.2) is 13.4 Å². The van der Waals surface area contributed by atoms with E-state index in [-0.39, 0.29) is 29.7 Å². The average molecular weight is 559 g/mol. The summed E-state index contributed by atoms with van der Waals surface area (Å²) in [7, 11) is -1.29. The summed E-state index contributed by atoms with van der Waals surface area (Å²) in [6, 6.07) is 5.87. The summed E-state index contributed by atoms with van der Waals surface area (Å²) in [5.41, 5.74) is 0.972. The largest absolute Gasteiger partial charge is 0.496 e. The van der Waals surface area contributed by atoms with Gasteiger partial charge in [-0.3, -0.25) is 0 Å². The number of halogens is 2. The third kappa shape index (κ3) is 9.71. The van der Waals surface area contributed by atoms with Gasteiger partial charge >= 0.3 is 0 Å². The molecule has 0 amide bonds. The third-order valence-electron chi connectivity index (χ3n) is 4.71. The van der Waals surface area contributed by atoms with E-state index in [1.807, 2.05) is 19.1 Å². The number of nitrogens with one attached hydrogen (secondary N) is 2. The van der Waals surface area contributed by atoms with Crippen molar-refractivity contribution >= 4 is 51.4 Å². The van der Waals surface area contributed by atoms with E-state index in [0.717, 1.165) is 49.7 Å². The molecular formula is C19H32ClIN4O3S. The zero-order valence-corrected chi connectivity index (χ0v) is 21.2. The quantitative estimate of drug-likeness (QED) is 0.290. The van der Waals surface area contributed by atoms with Gasteiger partial charge in [0.2, 0.25) is 0 Å². The van der Waals surface area contributed by atoms with Gasteiger partial charge in [0.05, 0.1) is 19.4 Å². The molecule has 166 valence electrons. The van der Waals surface area contributed by atoms with Crippen LogP contribution in [0.3, 0.4) is 0 Å². The molecule has 1 aliphatic rings. The Morgan fingerprint density at radius 2 is 2.03 bits per heavy atom. The molecule has 0 bridgehead atoms. The average Bonchev–Trinajstić information content (AvgIpc) is 2.65. The minimum atomic E-state index is -2.91. The van der Waals surface area contributed by atoms with Gasteiger partial charge in [-0.05, 0) is 31.9 Å². The molecule has 0 atom stereocenters. The maximum absolute atomic E-state index is 11.3. The molecule has 0 aliphatic carbocycles. The maximum atomic E-state index is 11.3. The molecule has 1 saturated heterocycles. The number of hydrogen-bond acceptors (Lipinski definition) is 5. The number of aliphatic imine (C=N–C) groups is 1. The first kappa shape index (κ1) is 26.3. The lowest BCUT2D eigenvalue weighted by molar-refractivity contribution is 0.216. The van der Waals surface area contributed by atoms with Gasteiger partial charge in [0, 0.05) is 49.1 Å². The van der Waals surface area contributed by atoms with E-state index in [2.05, 4.69) is 20.5 Å². The number of sulfone groups is 1. The maximum Gasteiger partial charge on any atom is 0.191 e. The van der Waals surface area contributed by atoms with E-state index in [9.17, 15) is 8.42 Å². The van der Waals surface area contributed by atoms with Crippen molar-refractivity contribution in [2.75, 3.05) is 45.3 Å². The molecular weight excluding hydrogens is 527 g/mol. The first-order valence-electron chi connectivity index (χ1n) is 9.58. The summed E-state index contributed by atoms with van der Waals surface area (Å²) in [5.74, 6) is 1.72. The van der Waals surface area contributed by atoms with Gasteiger partial charge < -0.3 is 20.3 Å². The summed E-state index contributed by atoms with van der Waals surface area (Å²) < 4.78 is 28.0. The predicted molar refractivity (Wildman–Crippen MR) is 131 cm³/mol. The smallest absolute Gasteiger partial charge is 0.191 e. The number of likely N-dealkylation sites (tertiary alicyclic amines) is 1. The molecule has 0 unspecified atom stereocenters. The van der Waals surface area contributed by atoms with Crippen LogP contribution in [0.15, 0.2) is 23.2 Å². The first-order chi connectivity index (χ1) is 13.3. The lowest BCUT2D eigenvalue weighted by atomic mass is 10.1. The summed E-state index contributed by atoms with van der Waals surface area (Å²) >= 11 is 6.02. The highest BCUT2D eigenvalue weighted by Crippen LogP contribution is 2.23. The second-order valence-electron chi connectivity index (χ2n) is 7.04. The van der Waals surface area contributed by atoms with Crippen molar-refractivity contribution < 1.29 is 13.2 Å². The van der Waals surface area contributed by atoms with E-state index >= 15 is 0 Å².